The Bertz CT molecular complexity index is 1630. The van der Waals surface area contributed by atoms with Crippen LogP contribution in [0.2, 0.25) is 0 Å². The van der Waals surface area contributed by atoms with E-state index in [0.717, 1.165) is 30.8 Å². The first-order valence-corrected chi connectivity index (χ1v) is 17.8. The van der Waals surface area contributed by atoms with E-state index in [1.54, 1.807) is 25.5 Å². The number of nitrogen functional groups attached to an aromatic ring is 1. The molecule has 1 fully saturated rings. The minimum absolute atomic E-state index is 0.0400. The minimum atomic E-state index is -1.26. The second-order valence-corrected chi connectivity index (χ2v) is 14.6. The lowest BCUT2D eigenvalue weighted by Crippen LogP contribution is -2.71. The first-order chi connectivity index (χ1) is 22.9. The van der Waals surface area contributed by atoms with E-state index in [4.69, 9.17) is 15.3 Å². The maximum atomic E-state index is 13.4. The number of carboxylic acids is 1. The number of alkyl carbamates (subject to hydrolysis) is 1. The standard InChI is InChI=1S/C27H35N11O7S3/c1-27(2,3)44-26(43)29-10-7-11-37-25(32-35-36-37)47-13-14-12-46-22-17(21(40)38(22)18(14)23(41)42)30-20(39)16(19-31-24(28)48-34-19)33-45-15-8-5-4-6-9-15/h5,8,15,17,22H,4,6-7,9-13H2,1-3H3,(H,29,43)(H,30,39)(H,41,42)(H2,28,31,34)/t15?,17?,22-/m1/s1. The average Bonchev–Trinajstić information content (AvgIpc) is 3.68. The SMILES string of the molecule is CC(C)(C)OC(=O)NCCCn1nnnc1SCC1=C(C(=O)O)N2C(=O)C(NC(=O)C(=NOC3C=CCCC3)c3nsc(N)n3)[C@H]2SC1. The van der Waals surface area contributed by atoms with Crippen LogP contribution in [0.4, 0.5) is 9.93 Å². The van der Waals surface area contributed by atoms with E-state index in [1.165, 1.54) is 28.4 Å². The van der Waals surface area contributed by atoms with Crippen LogP contribution in [0, 0.1) is 0 Å². The highest BCUT2D eigenvalue weighted by Crippen LogP contribution is 2.41. The van der Waals surface area contributed by atoms with Gasteiger partial charge in [0.15, 0.2) is 5.13 Å². The Balaban J connectivity index is 1.20. The Labute approximate surface area is 287 Å². The second kappa shape index (κ2) is 15.3. The average molecular weight is 722 g/mol. The lowest BCUT2D eigenvalue weighted by molar-refractivity contribution is -0.150. The number of carbonyl (C=O) groups is 4. The summed E-state index contributed by atoms with van der Waals surface area (Å²) in [5.74, 6) is -2.13. The predicted molar refractivity (Wildman–Crippen MR) is 176 cm³/mol. The van der Waals surface area contributed by atoms with Crippen molar-refractivity contribution in [2.75, 3.05) is 23.8 Å². The molecule has 5 N–H and O–H groups in total. The first-order valence-electron chi connectivity index (χ1n) is 15.0. The molecule has 18 nitrogen and oxygen atoms in total. The van der Waals surface area contributed by atoms with Crippen LogP contribution >= 0.6 is 35.1 Å². The third kappa shape index (κ3) is 8.61. The molecule has 3 amide bonds. The molecule has 2 unspecified atom stereocenters. The molecule has 0 radical (unpaired) electrons. The molecule has 258 valence electrons. The second-order valence-electron chi connectivity index (χ2n) is 11.8. The summed E-state index contributed by atoms with van der Waals surface area (Å²) in [5, 5.41) is 31.1. The first kappa shape index (κ1) is 35.1. The molecule has 1 saturated heterocycles. The van der Waals surface area contributed by atoms with E-state index in [0.29, 0.717) is 36.0 Å². The number of nitrogens with one attached hydrogen (secondary N) is 2. The molecule has 0 spiro atoms. The summed E-state index contributed by atoms with van der Waals surface area (Å²) in [6, 6.07) is -1.01. The van der Waals surface area contributed by atoms with Crippen LogP contribution in [0.15, 0.2) is 33.7 Å². The molecule has 0 aromatic carbocycles. The summed E-state index contributed by atoms with van der Waals surface area (Å²) in [6.45, 7) is 6.07. The molecule has 4 heterocycles. The lowest BCUT2D eigenvalue weighted by Gasteiger charge is -2.49. The van der Waals surface area contributed by atoms with Crippen molar-refractivity contribution < 1.29 is 33.9 Å². The third-order valence-electron chi connectivity index (χ3n) is 6.98. The molecule has 2 aromatic heterocycles. The number of oxime groups is 1. The van der Waals surface area contributed by atoms with Gasteiger partial charge in [0.2, 0.25) is 16.7 Å². The molecule has 0 saturated carbocycles. The van der Waals surface area contributed by atoms with Gasteiger partial charge < -0.3 is 31.0 Å². The normalized spacial score (nSPS) is 21.0. The maximum Gasteiger partial charge on any atom is 0.407 e. The van der Waals surface area contributed by atoms with Crippen molar-refractivity contribution in [2.24, 2.45) is 5.16 Å². The number of thioether (sulfide) groups is 2. The van der Waals surface area contributed by atoms with Crippen molar-refractivity contribution in [1.29, 1.82) is 0 Å². The van der Waals surface area contributed by atoms with Gasteiger partial charge in [0, 0.05) is 36.1 Å². The fourth-order valence-electron chi connectivity index (χ4n) is 4.83. The molecular weight excluding hydrogens is 687 g/mol. The number of hydrogen-bond donors (Lipinski definition) is 4. The number of rotatable bonds is 13. The highest BCUT2D eigenvalue weighted by atomic mass is 32.2. The summed E-state index contributed by atoms with van der Waals surface area (Å²) >= 11 is 3.44. The fraction of sp³-hybridized carbons (Fsp3) is 0.556. The third-order valence-corrected chi connectivity index (χ3v) is 9.91. The topological polar surface area (TPSA) is 242 Å². The number of fused-ring (bicyclic) bond motifs is 1. The van der Waals surface area contributed by atoms with Crippen LogP contribution in [0.5, 0.6) is 0 Å². The molecule has 5 rings (SSSR count). The number of carbonyl (C=O) groups excluding carboxylic acids is 3. The van der Waals surface area contributed by atoms with Gasteiger partial charge in [0.25, 0.3) is 11.8 Å². The molecule has 2 aromatic rings. The molecule has 3 aliphatic rings. The Morgan fingerprint density at radius 1 is 1.29 bits per heavy atom. The van der Waals surface area contributed by atoms with Crippen LogP contribution in [0.25, 0.3) is 0 Å². The molecule has 1 aliphatic carbocycles. The highest BCUT2D eigenvalue weighted by Gasteiger charge is 2.54. The summed E-state index contributed by atoms with van der Waals surface area (Å²) in [6.07, 6.45) is 6.09. The zero-order valence-corrected chi connectivity index (χ0v) is 28.8. The predicted octanol–water partition coefficient (Wildman–Crippen LogP) is 1.38. The number of aliphatic carboxylic acids is 1. The quantitative estimate of drug-likeness (QED) is 0.0570. The van der Waals surface area contributed by atoms with Crippen LogP contribution in [-0.2, 0) is 30.5 Å². The zero-order chi connectivity index (χ0) is 34.4. The summed E-state index contributed by atoms with van der Waals surface area (Å²) in [5.41, 5.74) is 5.25. The Kier molecular flexibility index (Phi) is 11.2. The van der Waals surface area contributed by atoms with Gasteiger partial charge >= 0.3 is 12.1 Å². The minimum Gasteiger partial charge on any atom is -0.477 e. The number of allylic oxidation sites excluding steroid dienone is 1. The van der Waals surface area contributed by atoms with Crippen molar-refractivity contribution >= 4 is 69.8 Å². The van der Waals surface area contributed by atoms with Crippen molar-refractivity contribution in [3.05, 3.63) is 29.2 Å². The van der Waals surface area contributed by atoms with Crippen molar-refractivity contribution in [2.45, 2.75) is 81.3 Å². The largest absolute Gasteiger partial charge is 0.477 e. The van der Waals surface area contributed by atoms with E-state index in [-0.39, 0.29) is 34.2 Å². The van der Waals surface area contributed by atoms with Gasteiger partial charge in [0.1, 0.15) is 28.8 Å². The molecule has 21 heteroatoms. The van der Waals surface area contributed by atoms with E-state index >= 15 is 0 Å². The van der Waals surface area contributed by atoms with Gasteiger partial charge in [-0.25, -0.2) is 14.3 Å². The van der Waals surface area contributed by atoms with Gasteiger partial charge in [0.05, 0.1) is 0 Å². The van der Waals surface area contributed by atoms with E-state index in [9.17, 15) is 24.3 Å². The van der Waals surface area contributed by atoms with Gasteiger partial charge in [-0.1, -0.05) is 23.0 Å². The number of nitrogens with two attached hydrogens (primary N) is 1. The Morgan fingerprint density at radius 3 is 2.79 bits per heavy atom. The summed E-state index contributed by atoms with van der Waals surface area (Å²) in [7, 11) is 0. The van der Waals surface area contributed by atoms with Crippen LogP contribution in [-0.4, -0.2) is 110 Å². The number of aryl methyl sites for hydroxylation is 1. The van der Waals surface area contributed by atoms with Crippen LogP contribution in [0.3, 0.4) is 0 Å². The Hall–Kier alpha value is -4.24. The maximum absolute atomic E-state index is 13.4. The Morgan fingerprint density at radius 2 is 2.10 bits per heavy atom. The highest BCUT2D eigenvalue weighted by molar-refractivity contribution is 8.01. The molecular formula is C27H35N11O7S3. The number of nitrogens with zero attached hydrogens (tertiary/aromatic N) is 8. The molecule has 48 heavy (non-hydrogen) atoms. The number of anilines is 1. The number of carboxylic acid groups (broad SMARTS) is 1. The van der Waals surface area contributed by atoms with E-state index in [2.05, 4.69) is 40.7 Å². The monoisotopic (exact) mass is 721 g/mol. The molecule has 0 bridgehead atoms. The molecule has 3 atom stereocenters. The van der Waals surface area contributed by atoms with Crippen molar-refractivity contribution in [3.63, 3.8) is 0 Å². The van der Waals surface area contributed by atoms with Gasteiger partial charge in [-0.15, -0.1) is 16.9 Å². The van der Waals surface area contributed by atoms with Crippen LogP contribution in [0.1, 0.15) is 52.3 Å². The lowest BCUT2D eigenvalue weighted by atomic mass is 10.0. The summed E-state index contributed by atoms with van der Waals surface area (Å²) < 4.78 is 10.9. The fourth-order valence-corrected chi connectivity index (χ4v) is 7.66. The van der Waals surface area contributed by atoms with Gasteiger partial charge in [-0.2, -0.15) is 9.36 Å². The van der Waals surface area contributed by atoms with Crippen molar-refractivity contribution in [1.82, 2.24) is 45.1 Å². The number of hydrogen-bond acceptors (Lipinski definition) is 16. The number of amides is 3. The smallest absolute Gasteiger partial charge is 0.407 e. The van der Waals surface area contributed by atoms with Gasteiger partial charge in [-0.05, 0) is 68.5 Å². The van der Waals surface area contributed by atoms with Gasteiger partial charge in [-0.3, -0.25) is 14.5 Å². The van der Waals surface area contributed by atoms with Crippen LogP contribution < -0.4 is 16.4 Å². The summed E-state index contributed by atoms with van der Waals surface area (Å²) in [4.78, 5) is 61.7. The van der Waals surface area contributed by atoms with E-state index < -0.39 is 40.9 Å². The number of aromatic nitrogens is 6. The zero-order valence-electron chi connectivity index (χ0n) is 26.3. The van der Waals surface area contributed by atoms with Crippen molar-refractivity contribution in [3.8, 4) is 0 Å². The number of tetrazole rings is 1. The number of ether oxygens (including phenoxy) is 1. The number of β-lactam (4-membered cyclic amide) rings is 1. The molecule has 2 aliphatic heterocycles. The van der Waals surface area contributed by atoms with E-state index in [1.807, 2.05) is 12.2 Å².